The minimum atomic E-state index is -0.220. The second kappa shape index (κ2) is 5.24. The summed E-state index contributed by atoms with van der Waals surface area (Å²) in [6, 6.07) is 3.45. The van der Waals surface area contributed by atoms with Gasteiger partial charge in [-0.2, -0.15) is 0 Å². The molecule has 0 unspecified atom stereocenters. The maximum atomic E-state index is 11.8. The van der Waals surface area contributed by atoms with Gasteiger partial charge in [0.2, 0.25) is 0 Å². The SMILES string of the molecule is CNc1ccc(C(=O)Nc2ncc(Br)s2)cn1. The lowest BCUT2D eigenvalue weighted by Gasteiger charge is -2.02. The molecule has 0 aromatic carbocycles. The van der Waals surface area contributed by atoms with E-state index in [1.807, 2.05) is 0 Å². The molecule has 0 saturated carbocycles. The van der Waals surface area contributed by atoms with Crippen molar-refractivity contribution in [3.63, 3.8) is 0 Å². The molecule has 0 spiro atoms. The monoisotopic (exact) mass is 312 g/mol. The highest BCUT2D eigenvalue weighted by Gasteiger charge is 2.08. The first kappa shape index (κ1) is 12.0. The summed E-state index contributed by atoms with van der Waals surface area (Å²) in [4.78, 5) is 19.9. The molecule has 0 aliphatic heterocycles. The minimum absolute atomic E-state index is 0.220. The van der Waals surface area contributed by atoms with Gasteiger partial charge in [-0.1, -0.05) is 11.3 Å². The van der Waals surface area contributed by atoms with Crippen LogP contribution < -0.4 is 10.6 Å². The van der Waals surface area contributed by atoms with Crippen molar-refractivity contribution in [2.75, 3.05) is 17.7 Å². The van der Waals surface area contributed by atoms with Crippen molar-refractivity contribution in [2.24, 2.45) is 0 Å². The molecule has 5 nitrogen and oxygen atoms in total. The van der Waals surface area contributed by atoms with E-state index in [0.29, 0.717) is 10.7 Å². The quantitative estimate of drug-likeness (QED) is 0.914. The number of thiazole rings is 1. The highest BCUT2D eigenvalue weighted by atomic mass is 79.9. The first-order valence-corrected chi connectivity index (χ1v) is 6.36. The van der Waals surface area contributed by atoms with Gasteiger partial charge < -0.3 is 5.32 Å². The van der Waals surface area contributed by atoms with Crippen LogP contribution in [-0.2, 0) is 0 Å². The van der Waals surface area contributed by atoms with Crippen molar-refractivity contribution < 1.29 is 4.79 Å². The van der Waals surface area contributed by atoms with Crippen LogP contribution in [0.15, 0.2) is 28.3 Å². The van der Waals surface area contributed by atoms with E-state index in [2.05, 4.69) is 36.5 Å². The normalized spacial score (nSPS) is 10.0. The van der Waals surface area contributed by atoms with E-state index >= 15 is 0 Å². The Kier molecular flexibility index (Phi) is 3.70. The molecule has 2 N–H and O–H groups in total. The molecule has 0 aliphatic rings. The van der Waals surface area contributed by atoms with Crippen LogP contribution in [0.3, 0.4) is 0 Å². The first-order chi connectivity index (χ1) is 8.19. The van der Waals surface area contributed by atoms with E-state index in [4.69, 9.17) is 0 Å². The molecule has 7 heteroatoms. The van der Waals surface area contributed by atoms with Gasteiger partial charge in [0.05, 0.1) is 15.5 Å². The van der Waals surface area contributed by atoms with E-state index in [0.717, 1.165) is 9.60 Å². The maximum Gasteiger partial charge on any atom is 0.259 e. The number of rotatable bonds is 3. The number of carbonyl (C=O) groups excluding carboxylic acids is 1. The minimum Gasteiger partial charge on any atom is -0.373 e. The molecular formula is C10H9BrN4OS. The number of halogens is 1. The Bertz CT molecular complexity index is 525. The van der Waals surface area contributed by atoms with Crippen molar-refractivity contribution in [2.45, 2.75) is 0 Å². The Hall–Kier alpha value is -1.47. The summed E-state index contributed by atoms with van der Waals surface area (Å²) in [6.07, 6.45) is 3.16. The van der Waals surface area contributed by atoms with Crippen LogP contribution in [0, 0.1) is 0 Å². The summed E-state index contributed by atoms with van der Waals surface area (Å²) in [7, 11) is 1.77. The fraction of sp³-hybridized carbons (Fsp3) is 0.100. The lowest BCUT2D eigenvalue weighted by Crippen LogP contribution is -2.12. The van der Waals surface area contributed by atoms with E-state index in [-0.39, 0.29) is 5.91 Å². The molecule has 2 aromatic rings. The fourth-order valence-corrected chi connectivity index (χ4v) is 2.26. The van der Waals surface area contributed by atoms with E-state index < -0.39 is 0 Å². The zero-order chi connectivity index (χ0) is 12.3. The number of carbonyl (C=O) groups is 1. The van der Waals surface area contributed by atoms with Crippen molar-refractivity contribution in [1.82, 2.24) is 9.97 Å². The molecule has 0 saturated heterocycles. The van der Waals surface area contributed by atoms with Crippen LogP contribution in [0.25, 0.3) is 0 Å². The molecule has 0 aliphatic carbocycles. The summed E-state index contributed by atoms with van der Waals surface area (Å²) >= 11 is 4.64. The van der Waals surface area contributed by atoms with Gasteiger partial charge in [-0.25, -0.2) is 9.97 Å². The third-order valence-corrected chi connectivity index (χ3v) is 3.37. The van der Waals surface area contributed by atoms with Crippen molar-refractivity contribution in [3.8, 4) is 0 Å². The van der Waals surface area contributed by atoms with Gasteiger partial charge in [-0.3, -0.25) is 10.1 Å². The summed E-state index contributed by atoms with van der Waals surface area (Å²) in [6.45, 7) is 0. The number of hydrogen-bond acceptors (Lipinski definition) is 5. The fourth-order valence-electron chi connectivity index (χ4n) is 1.16. The van der Waals surface area contributed by atoms with Crippen LogP contribution in [0.1, 0.15) is 10.4 Å². The molecule has 2 rings (SSSR count). The predicted octanol–water partition coefficient (Wildman–Crippen LogP) is 2.59. The topological polar surface area (TPSA) is 66.9 Å². The summed E-state index contributed by atoms with van der Waals surface area (Å²) in [5, 5.41) is 6.14. The number of pyridine rings is 1. The first-order valence-electron chi connectivity index (χ1n) is 4.75. The lowest BCUT2D eigenvalue weighted by atomic mass is 10.2. The van der Waals surface area contributed by atoms with E-state index in [1.54, 1.807) is 25.4 Å². The van der Waals surface area contributed by atoms with Gasteiger partial charge in [0.15, 0.2) is 5.13 Å². The summed E-state index contributed by atoms with van der Waals surface area (Å²) < 4.78 is 0.872. The Labute approximate surface area is 110 Å². The van der Waals surface area contributed by atoms with Gasteiger partial charge >= 0.3 is 0 Å². The Morgan fingerprint density at radius 3 is 2.71 bits per heavy atom. The van der Waals surface area contributed by atoms with Crippen molar-refractivity contribution >= 4 is 44.1 Å². The van der Waals surface area contributed by atoms with Crippen LogP contribution in [0.5, 0.6) is 0 Å². The highest BCUT2D eigenvalue weighted by molar-refractivity contribution is 9.11. The van der Waals surface area contributed by atoms with Crippen LogP contribution in [-0.4, -0.2) is 22.9 Å². The van der Waals surface area contributed by atoms with Crippen LogP contribution >= 0.6 is 27.3 Å². The number of nitrogens with one attached hydrogen (secondary N) is 2. The van der Waals surface area contributed by atoms with Crippen molar-refractivity contribution in [3.05, 3.63) is 33.9 Å². The third kappa shape index (κ3) is 3.01. The molecule has 0 fully saturated rings. The molecule has 0 bridgehead atoms. The zero-order valence-electron chi connectivity index (χ0n) is 8.90. The summed E-state index contributed by atoms with van der Waals surface area (Å²) in [5.74, 6) is 0.501. The lowest BCUT2D eigenvalue weighted by molar-refractivity contribution is 0.102. The highest BCUT2D eigenvalue weighted by Crippen LogP contribution is 2.23. The maximum absolute atomic E-state index is 11.8. The van der Waals surface area contributed by atoms with Gasteiger partial charge in [0.1, 0.15) is 5.82 Å². The predicted molar refractivity (Wildman–Crippen MR) is 71.6 cm³/mol. The van der Waals surface area contributed by atoms with Crippen molar-refractivity contribution in [1.29, 1.82) is 0 Å². The molecule has 88 valence electrons. The largest absolute Gasteiger partial charge is 0.373 e. The summed E-state index contributed by atoms with van der Waals surface area (Å²) in [5.41, 5.74) is 0.496. The molecule has 1 amide bonds. The Balaban J connectivity index is 2.09. The number of amides is 1. The van der Waals surface area contributed by atoms with Crippen LogP contribution in [0.4, 0.5) is 10.9 Å². The average Bonchev–Trinajstić information content (AvgIpc) is 2.75. The Morgan fingerprint density at radius 2 is 2.18 bits per heavy atom. The van der Waals surface area contributed by atoms with Gasteiger partial charge in [-0.15, -0.1) is 0 Å². The smallest absolute Gasteiger partial charge is 0.259 e. The van der Waals surface area contributed by atoms with E-state index in [1.165, 1.54) is 17.5 Å². The molecule has 0 atom stereocenters. The van der Waals surface area contributed by atoms with Gasteiger partial charge in [-0.05, 0) is 28.1 Å². The molecule has 17 heavy (non-hydrogen) atoms. The second-order valence-electron chi connectivity index (χ2n) is 3.11. The molecule has 0 radical (unpaired) electrons. The number of aromatic nitrogens is 2. The zero-order valence-corrected chi connectivity index (χ0v) is 11.3. The average molecular weight is 313 g/mol. The second-order valence-corrected chi connectivity index (χ2v) is 5.52. The Morgan fingerprint density at radius 1 is 1.35 bits per heavy atom. The number of anilines is 2. The molecular weight excluding hydrogens is 304 g/mol. The van der Waals surface area contributed by atoms with Gasteiger partial charge in [0.25, 0.3) is 5.91 Å². The van der Waals surface area contributed by atoms with E-state index in [9.17, 15) is 4.79 Å². The molecule has 2 heterocycles. The number of nitrogens with zero attached hydrogens (tertiary/aromatic N) is 2. The van der Waals surface area contributed by atoms with Gasteiger partial charge in [0, 0.05) is 13.2 Å². The third-order valence-electron chi connectivity index (χ3n) is 1.98. The number of hydrogen-bond donors (Lipinski definition) is 2. The van der Waals surface area contributed by atoms with Crippen LogP contribution in [0.2, 0.25) is 0 Å². The molecule has 2 aromatic heterocycles. The standard InChI is InChI=1S/C10H9BrN4OS/c1-12-8-3-2-6(4-13-8)9(16)15-10-14-5-7(11)17-10/h2-5H,1H3,(H,12,13)(H,14,15,16).